The number of nitrogens with one attached hydrogen (secondary N) is 1. The summed E-state index contributed by atoms with van der Waals surface area (Å²) in [5.74, 6) is 1.39. The number of anilines is 1. The lowest BCUT2D eigenvalue weighted by Gasteiger charge is -2.22. The van der Waals surface area contributed by atoms with Crippen molar-refractivity contribution in [2.45, 2.75) is 46.8 Å². The fraction of sp³-hybridized carbons (Fsp3) is 0.600. The van der Waals surface area contributed by atoms with Gasteiger partial charge < -0.3 is 15.2 Å². The Kier molecular flexibility index (Phi) is 5.99. The van der Waals surface area contributed by atoms with E-state index in [-0.39, 0.29) is 6.61 Å². The summed E-state index contributed by atoms with van der Waals surface area (Å²) in [6, 6.07) is 6.30. The SMILES string of the molecule is CCOc1ccc(NC(C)C(C)CC)cc1CO. The van der Waals surface area contributed by atoms with E-state index in [1.165, 1.54) is 0 Å². The van der Waals surface area contributed by atoms with Crippen molar-refractivity contribution in [2.24, 2.45) is 5.92 Å². The van der Waals surface area contributed by atoms with Crippen LogP contribution in [0.3, 0.4) is 0 Å². The maximum absolute atomic E-state index is 9.35. The van der Waals surface area contributed by atoms with Crippen LogP contribution in [0.2, 0.25) is 0 Å². The molecule has 0 amide bonds. The van der Waals surface area contributed by atoms with Crippen molar-refractivity contribution in [2.75, 3.05) is 11.9 Å². The van der Waals surface area contributed by atoms with Crippen molar-refractivity contribution in [3.8, 4) is 5.75 Å². The molecule has 0 aliphatic heterocycles. The maximum atomic E-state index is 9.35. The predicted octanol–water partition coefficient (Wildman–Crippen LogP) is 3.42. The predicted molar refractivity (Wildman–Crippen MR) is 76.1 cm³/mol. The van der Waals surface area contributed by atoms with Crippen LogP contribution in [0, 0.1) is 5.92 Å². The molecule has 18 heavy (non-hydrogen) atoms. The van der Waals surface area contributed by atoms with Gasteiger partial charge in [-0.3, -0.25) is 0 Å². The highest BCUT2D eigenvalue weighted by Gasteiger charge is 2.11. The van der Waals surface area contributed by atoms with Gasteiger partial charge in [0.15, 0.2) is 0 Å². The van der Waals surface area contributed by atoms with Crippen LogP contribution in [0.1, 0.15) is 39.7 Å². The summed E-state index contributed by atoms with van der Waals surface area (Å²) in [6.07, 6.45) is 1.15. The van der Waals surface area contributed by atoms with E-state index in [1.807, 2.05) is 25.1 Å². The van der Waals surface area contributed by atoms with Crippen molar-refractivity contribution in [1.82, 2.24) is 0 Å². The minimum atomic E-state index is 0.00255. The van der Waals surface area contributed by atoms with Gasteiger partial charge in [-0.05, 0) is 38.0 Å². The van der Waals surface area contributed by atoms with Crippen molar-refractivity contribution in [1.29, 1.82) is 0 Å². The number of rotatable bonds is 7. The normalized spacial score (nSPS) is 14.1. The van der Waals surface area contributed by atoms with E-state index in [9.17, 15) is 5.11 Å². The molecule has 1 rings (SSSR count). The molecule has 0 fully saturated rings. The number of ether oxygens (including phenoxy) is 1. The van der Waals surface area contributed by atoms with E-state index in [4.69, 9.17) is 4.74 Å². The topological polar surface area (TPSA) is 41.5 Å². The number of aliphatic hydroxyl groups excluding tert-OH is 1. The second-order valence-corrected chi connectivity index (χ2v) is 4.73. The van der Waals surface area contributed by atoms with Crippen LogP contribution in [0.4, 0.5) is 5.69 Å². The summed E-state index contributed by atoms with van der Waals surface area (Å²) < 4.78 is 5.47. The lowest BCUT2D eigenvalue weighted by Crippen LogP contribution is -2.23. The highest BCUT2D eigenvalue weighted by atomic mass is 16.5. The molecule has 0 spiro atoms. The van der Waals surface area contributed by atoms with Crippen molar-refractivity contribution >= 4 is 5.69 Å². The second-order valence-electron chi connectivity index (χ2n) is 4.73. The van der Waals surface area contributed by atoms with Gasteiger partial charge in [0.05, 0.1) is 13.2 Å². The summed E-state index contributed by atoms with van der Waals surface area (Å²) >= 11 is 0. The van der Waals surface area contributed by atoms with Crippen LogP contribution < -0.4 is 10.1 Å². The summed E-state index contributed by atoms with van der Waals surface area (Å²) in [4.78, 5) is 0. The van der Waals surface area contributed by atoms with Gasteiger partial charge in [-0.2, -0.15) is 0 Å². The minimum Gasteiger partial charge on any atom is -0.494 e. The zero-order valence-electron chi connectivity index (χ0n) is 11.9. The molecule has 2 N–H and O–H groups in total. The first-order valence-corrected chi connectivity index (χ1v) is 6.75. The summed E-state index contributed by atoms with van der Waals surface area (Å²) in [7, 11) is 0. The minimum absolute atomic E-state index is 0.00255. The molecule has 0 saturated carbocycles. The molecule has 0 heterocycles. The molecule has 3 nitrogen and oxygen atoms in total. The van der Waals surface area contributed by atoms with E-state index in [0.29, 0.717) is 18.6 Å². The molecule has 0 aliphatic rings. The smallest absolute Gasteiger partial charge is 0.124 e. The molecule has 2 atom stereocenters. The molecule has 0 aromatic heterocycles. The average molecular weight is 251 g/mol. The molecule has 102 valence electrons. The van der Waals surface area contributed by atoms with Crippen LogP contribution in [-0.2, 0) is 6.61 Å². The molecule has 0 radical (unpaired) electrons. The van der Waals surface area contributed by atoms with Crippen molar-refractivity contribution < 1.29 is 9.84 Å². The first-order valence-electron chi connectivity index (χ1n) is 6.75. The van der Waals surface area contributed by atoms with Crippen LogP contribution in [0.5, 0.6) is 5.75 Å². The third kappa shape index (κ3) is 3.91. The van der Waals surface area contributed by atoms with Gasteiger partial charge in [0.1, 0.15) is 5.75 Å². The maximum Gasteiger partial charge on any atom is 0.124 e. The van der Waals surface area contributed by atoms with Gasteiger partial charge in [0.2, 0.25) is 0 Å². The zero-order valence-corrected chi connectivity index (χ0v) is 11.9. The fourth-order valence-corrected chi connectivity index (χ4v) is 1.85. The molecule has 1 aromatic rings. The molecule has 0 saturated heterocycles. The van der Waals surface area contributed by atoms with Gasteiger partial charge in [-0.25, -0.2) is 0 Å². The summed E-state index contributed by atoms with van der Waals surface area (Å²) in [5, 5.41) is 12.8. The van der Waals surface area contributed by atoms with Gasteiger partial charge in [0.25, 0.3) is 0 Å². The van der Waals surface area contributed by atoms with Crippen LogP contribution in [0.25, 0.3) is 0 Å². The third-order valence-corrected chi connectivity index (χ3v) is 3.42. The number of hydrogen-bond donors (Lipinski definition) is 2. The molecule has 2 unspecified atom stereocenters. The molecular formula is C15H25NO2. The number of aliphatic hydroxyl groups is 1. The highest BCUT2D eigenvalue weighted by molar-refractivity contribution is 5.51. The molecule has 1 aromatic carbocycles. The Bertz CT molecular complexity index is 366. The van der Waals surface area contributed by atoms with Gasteiger partial charge in [0, 0.05) is 17.3 Å². The third-order valence-electron chi connectivity index (χ3n) is 3.42. The Morgan fingerprint density at radius 3 is 2.56 bits per heavy atom. The first-order chi connectivity index (χ1) is 8.62. The van der Waals surface area contributed by atoms with Gasteiger partial charge in [-0.15, -0.1) is 0 Å². The van der Waals surface area contributed by atoms with Gasteiger partial charge in [-0.1, -0.05) is 20.3 Å². The van der Waals surface area contributed by atoms with Crippen LogP contribution in [0.15, 0.2) is 18.2 Å². The fourth-order valence-electron chi connectivity index (χ4n) is 1.85. The Morgan fingerprint density at radius 1 is 1.28 bits per heavy atom. The Morgan fingerprint density at radius 2 is 2.00 bits per heavy atom. The lowest BCUT2D eigenvalue weighted by atomic mass is 10.0. The Hall–Kier alpha value is -1.22. The molecule has 0 bridgehead atoms. The standard InChI is InChI=1S/C15H25NO2/c1-5-11(3)12(4)16-14-7-8-15(18-6-2)13(9-14)10-17/h7-9,11-12,16-17H,5-6,10H2,1-4H3. The Labute approximate surface area is 110 Å². The summed E-state index contributed by atoms with van der Waals surface area (Å²) in [5.41, 5.74) is 1.87. The van der Waals surface area contributed by atoms with E-state index >= 15 is 0 Å². The zero-order chi connectivity index (χ0) is 13.5. The second kappa shape index (κ2) is 7.27. The number of benzene rings is 1. The van der Waals surface area contributed by atoms with Crippen LogP contribution >= 0.6 is 0 Å². The van der Waals surface area contributed by atoms with Gasteiger partial charge >= 0.3 is 0 Å². The first kappa shape index (κ1) is 14.8. The summed E-state index contributed by atoms with van der Waals surface area (Å²) in [6.45, 7) is 9.17. The molecular weight excluding hydrogens is 226 g/mol. The molecule has 0 aliphatic carbocycles. The van der Waals surface area contributed by atoms with Crippen molar-refractivity contribution in [3.05, 3.63) is 23.8 Å². The largest absolute Gasteiger partial charge is 0.494 e. The average Bonchev–Trinajstić information content (AvgIpc) is 2.39. The van der Waals surface area contributed by atoms with E-state index in [1.54, 1.807) is 0 Å². The van der Waals surface area contributed by atoms with E-state index in [2.05, 4.69) is 26.1 Å². The quantitative estimate of drug-likeness (QED) is 0.780. The number of hydrogen-bond acceptors (Lipinski definition) is 3. The highest BCUT2D eigenvalue weighted by Crippen LogP contribution is 2.24. The Balaban J connectivity index is 2.79. The van der Waals surface area contributed by atoms with E-state index < -0.39 is 0 Å². The molecule has 3 heteroatoms. The lowest BCUT2D eigenvalue weighted by molar-refractivity contribution is 0.267. The van der Waals surface area contributed by atoms with Crippen LogP contribution in [-0.4, -0.2) is 17.8 Å². The monoisotopic (exact) mass is 251 g/mol. The van der Waals surface area contributed by atoms with Crippen molar-refractivity contribution in [3.63, 3.8) is 0 Å². The van der Waals surface area contributed by atoms with E-state index in [0.717, 1.165) is 23.4 Å².